The lowest BCUT2D eigenvalue weighted by molar-refractivity contribution is 0.661. The Balaban J connectivity index is 1.35. The van der Waals surface area contributed by atoms with Crippen LogP contribution in [-0.2, 0) is 0 Å². The Kier molecular flexibility index (Phi) is 4.78. The molecule has 0 atom stereocenters. The Morgan fingerprint density at radius 2 is 0.702 bits per heavy atom. The Labute approximate surface area is 266 Å². The van der Waals surface area contributed by atoms with E-state index in [2.05, 4.69) is 77.7 Å². The van der Waals surface area contributed by atoms with Crippen molar-refractivity contribution in [2.45, 2.75) is 0 Å². The van der Waals surface area contributed by atoms with Crippen LogP contribution in [-0.4, -0.2) is 0 Å². The molecule has 0 radical (unpaired) electrons. The van der Waals surface area contributed by atoms with Gasteiger partial charge in [0.15, 0.2) is 16.7 Å². The van der Waals surface area contributed by atoms with Gasteiger partial charge in [0.25, 0.3) is 0 Å². The average molecular weight is 606 g/mol. The molecule has 0 saturated heterocycles. The monoisotopic (exact) mass is 605 g/mol. The molecule has 4 aromatic heterocycles. The van der Waals surface area contributed by atoms with Crippen molar-refractivity contribution in [3.63, 3.8) is 0 Å². The smallest absolute Gasteiger partial charge is 0.163 e. The molecule has 4 heterocycles. The molecule has 0 saturated carbocycles. The summed E-state index contributed by atoms with van der Waals surface area (Å²) < 4.78 is 26.7. The van der Waals surface area contributed by atoms with Crippen LogP contribution in [0.2, 0.25) is 0 Å². The van der Waals surface area contributed by atoms with Crippen LogP contribution in [0.5, 0.6) is 0 Å². The maximum atomic E-state index is 6.79. The van der Waals surface area contributed by atoms with Gasteiger partial charge in [0.2, 0.25) is 0 Å². The second-order valence-electron chi connectivity index (χ2n) is 12.0. The van der Waals surface area contributed by atoms with E-state index in [1.807, 2.05) is 66.7 Å². The van der Waals surface area contributed by atoms with Crippen LogP contribution < -0.4 is 4.90 Å². The second kappa shape index (κ2) is 9.05. The van der Waals surface area contributed by atoms with Crippen molar-refractivity contribution < 1.29 is 17.7 Å². The summed E-state index contributed by atoms with van der Waals surface area (Å²) in [5, 5.41) is 8.19. The first-order valence-electron chi connectivity index (χ1n) is 15.7. The van der Waals surface area contributed by atoms with Gasteiger partial charge in [-0.05, 0) is 42.5 Å². The topological polar surface area (TPSA) is 55.8 Å². The predicted octanol–water partition coefficient (Wildman–Crippen LogP) is 12.8. The second-order valence-corrected chi connectivity index (χ2v) is 12.0. The van der Waals surface area contributed by atoms with E-state index in [-0.39, 0.29) is 0 Å². The van der Waals surface area contributed by atoms with Gasteiger partial charge in [0.1, 0.15) is 27.9 Å². The fraction of sp³-hybridized carbons (Fsp3) is 0. The van der Waals surface area contributed by atoms with Crippen molar-refractivity contribution in [1.82, 2.24) is 0 Å². The zero-order valence-electron chi connectivity index (χ0n) is 24.9. The SMILES string of the molecule is c1ccc2c(c1)oc1c(N(c3cccc4c3oc3ccccc34)c3cc4c5ccccc5oc4c4c3oc3ccccc34)cccc12. The highest BCUT2D eigenvalue weighted by Gasteiger charge is 2.28. The fourth-order valence-electron chi connectivity index (χ4n) is 7.42. The van der Waals surface area contributed by atoms with Crippen molar-refractivity contribution in [2.75, 3.05) is 4.90 Å². The summed E-state index contributed by atoms with van der Waals surface area (Å²) >= 11 is 0. The quantitative estimate of drug-likeness (QED) is 0.201. The lowest BCUT2D eigenvalue weighted by atomic mass is 10.0. The minimum Gasteiger partial charge on any atom is -0.455 e. The van der Waals surface area contributed by atoms with Crippen LogP contribution in [0.4, 0.5) is 17.1 Å². The summed E-state index contributed by atoms with van der Waals surface area (Å²) in [5.74, 6) is 0. The molecule has 0 aliphatic heterocycles. The van der Waals surface area contributed by atoms with Gasteiger partial charge in [-0.25, -0.2) is 0 Å². The molecular weight excluding hydrogens is 582 g/mol. The first kappa shape index (κ1) is 24.8. The van der Waals surface area contributed by atoms with Crippen LogP contribution in [0, 0.1) is 0 Å². The van der Waals surface area contributed by atoms with E-state index in [4.69, 9.17) is 17.7 Å². The van der Waals surface area contributed by atoms with Crippen molar-refractivity contribution >= 4 is 105 Å². The molecule has 7 aromatic carbocycles. The summed E-state index contributed by atoms with van der Waals surface area (Å²) in [6, 6.07) is 47.5. The predicted molar refractivity (Wildman–Crippen MR) is 190 cm³/mol. The maximum absolute atomic E-state index is 6.79. The van der Waals surface area contributed by atoms with Gasteiger partial charge in [-0.15, -0.1) is 0 Å². The van der Waals surface area contributed by atoms with Crippen LogP contribution in [0.25, 0.3) is 87.8 Å². The molecule has 0 bridgehead atoms. The van der Waals surface area contributed by atoms with Crippen molar-refractivity contribution in [3.8, 4) is 0 Å². The number of furan rings is 4. The number of nitrogens with zero attached hydrogens (tertiary/aromatic N) is 1. The molecule has 11 rings (SSSR count). The highest BCUT2D eigenvalue weighted by Crippen LogP contribution is 2.51. The molecule has 0 aliphatic carbocycles. The first-order chi connectivity index (χ1) is 23.3. The number of hydrogen-bond donors (Lipinski definition) is 0. The van der Waals surface area contributed by atoms with E-state index >= 15 is 0 Å². The number of anilines is 3. The molecular formula is C42H23NO4. The number of rotatable bonds is 3. The zero-order valence-corrected chi connectivity index (χ0v) is 24.9. The van der Waals surface area contributed by atoms with Crippen LogP contribution >= 0.6 is 0 Å². The van der Waals surface area contributed by atoms with E-state index in [0.717, 1.165) is 105 Å². The number of fused-ring (bicyclic) bond motifs is 13. The van der Waals surface area contributed by atoms with Gasteiger partial charge in [0.05, 0.1) is 22.4 Å². The van der Waals surface area contributed by atoms with Gasteiger partial charge < -0.3 is 17.7 Å². The number of para-hydroxylation sites is 6. The third-order valence-electron chi connectivity index (χ3n) is 9.46. The van der Waals surface area contributed by atoms with Gasteiger partial charge in [0, 0.05) is 37.7 Å². The lowest BCUT2D eigenvalue weighted by Crippen LogP contribution is -2.11. The maximum Gasteiger partial charge on any atom is 0.163 e. The number of hydrogen-bond acceptors (Lipinski definition) is 5. The minimum atomic E-state index is 0.721. The Morgan fingerprint density at radius 3 is 1.26 bits per heavy atom. The Bertz CT molecular complexity index is 2930. The number of benzene rings is 7. The normalized spacial score (nSPS) is 12.3. The summed E-state index contributed by atoms with van der Waals surface area (Å²) in [6.07, 6.45) is 0. The molecule has 5 heteroatoms. The van der Waals surface area contributed by atoms with Crippen LogP contribution in [0.3, 0.4) is 0 Å². The van der Waals surface area contributed by atoms with E-state index in [9.17, 15) is 0 Å². The Morgan fingerprint density at radius 1 is 0.298 bits per heavy atom. The molecule has 11 aromatic rings. The molecule has 0 amide bonds. The van der Waals surface area contributed by atoms with E-state index in [0.29, 0.717) is 0 Å². The van der Waals surface area contributed by atoms with E-state index in [1.54, 1.807) is 0 Å². The first-order valence-corrected chi connectivity index (χ1v) is 15.7. The Hall–Kier alpha value is -6.46. The zero-order chi connectivity index (χ0) is 30.6. The summed E-state index contributed by atoms with van der Waals surface area (Å²) in [4.78, 5) is 2.24. The van der Waals surface area contributed by atoms with Gasteiger partial charge in [-0.1, -0.05) is 97.1 Å². The highest BCUT2D eigenvalue weighted by atomic mass is 16.4. The molecule has 220 valence electrons. The van der Waals surface area contributed by atoms with Gasteiger partial charge in [-0.3, -0.25) is 4.90 Å². The van der Waals surface area contributed by atoms with E-state index < -0.39 is 0 Å². The molecule has 0 fully saturated rings. The average Bonchev–Trinajstić information content (AvgIpc) is 3.89. The summed E-state index contributed by atoms with van der Waals surface area (Å²) in [7, 11) is 0. The molecule has 0 spiro atoms. The van der Waals surface area contributed by atoms with Crippen molar-refractivity contribution in [3.05, 3.63) is 140 Å². The van der Waals surface area contributed by atoms with Gasteiger partial charge in [-0.2, -0.15) is 0 Å². The summed E-state index contributed by atoms with van der Waals surface area (Å²) in [5.41, 5.74) is 8.99. The molecule has 0 N–H and O–H groups in total. The standard InChI is InChI=1S/C42H23NO4/c1-5-19-34-24(11-1)27-15-9-17-31(39(27)44-34)43(32-18-10-16-28-25-12-2-6-20-35(25)45-40(28)32)33-23-30-26-13-3-7-21-36(26)46-41(30)38-29-14-4-8-22-37(29)47-42(33)38/h1-23H. The van der Waals surface area contributed by atoms with Gasteiger partial charge >= 0.3 is 0 Å². The molecule has 0 aliphatic rings. The summed E-state index contributed by atoms with van der Waals surface area (Å²) in [6.45, 7) is 0. The molecule has 5 nitrogen and oxygen atoms in total. The van der Waals surface area contributed by atoms with Crippen molar-refractivity contribution in [2.24, 2.45) is 0 Å². The minimum absolute atomic E-state index is 0.721. The van der Waals surface area contributed by atoms with Crippen molar-refractivity contribution in [1.29, 1.82) is 0 Å². The lowest BCUT2D eigenvalue weighted by Gasteiger charge is -2.25. The van der Waals surface area contributed by atoms with Crippen LogP contribution in [0.1, 0.15) is 0 Å². The third-order valence-corrected chi connectivity index (χ3v) is 9.46. The fourth-order valence-corrected chi connectivity index (χ4v) is 7.42. The molecule has 47 heavy (non-hydrogen) atoms. The van der Waals surface area contributed by atoms with Crippen LogP contribution in [0.15, 0.2) is 157 Å². The highest BCUT2D eigenvalue weighted by molar-refractivity contribution is 6.26. The third kappa shape index (κ3) is 3.32. The molecule has 0 unspecified atom stereocenters. The largest absolute Gasteiger partial charge is 0.455 e. The van der Waals surface area contributed by atoms with E-state index in [1.165, 1.54) is 0 Å².